The molecule has 0 aromatic heterocycles. The smallest absolute Gasteiger partial charge is 0.184 e. The van der Waals surface area contributed by atoms with Crippen LogP contribution in [0.1, 0.15) is 18.8 Å². The average molecular weight is 266 g/mol. The van der Waals surface area contributed by atoms with Crippen molar-refractivity contribution in [3.05, 3.63) is 35.9 Å². The van der Waals surface area contributed by atoms with Crippen LogP contribution in [0.5, 0.6) is 0 Å². The summed E-state index contributed by atoms with van der Waals surface area (Å²) in [5.41, 5.74) is 0.890. The Morgan fingerprint density at radius 3 is 2.53 bits per heavy atom. The van der Waals surface area contributed by atoms with Crippen molar-refractivity contribution in [2.24, 2.45) is 0 Å². The fourth-order valence-corrected chi connectivity index (χ4v) is 2.58. The van der Waals surface area contributed by atoms with Gasteiger partial charge in [0.1, 0.15) is 24.4 Å². The van der Waals surface area contributed by atoms with Crippen molar-refractivity contribution in [2.45, 2.75) is 43.7 Å². The van der Waals surface area contributed by atoms with E-state index in [1.54, 1.807) is 6.92 Å². The van der Waals surface area contributed by atoms with E-state index in [4.69, 9.17) is 14.2 Å². The molecule has 1 aromatic rings. The summed E-state index contributed by atoms with van der Waals surface area (Å²) in [6, 6.07) is 9.52. The van der Waals surface area contributed by atoms with Crippen molar-refractivity contribution in [1.82, 2.24) is 0 Å². The lowest BCUT2D eigenvalue weighted by atomic mass is 9.95. The summed E-state index contributed by atoms with van der Waals surface area (Å²) in [6.45, 7) is 2.08. The number of benzene rings is 1. The molecule has 1 aromatic carbocycles. The molecule has 2 saturated heterocycles. The van der Waals surface area contributed by atoms with Gasteiger partial charge in [-0.05, 0) is 6.92 Å². The molecule has 0 bridgehead atoms. The molecule has 0 aliphatic carbocycles. The lowest BCUT2D eigenvalue weighted by Gasteiger charge is -2.45. The van der Waals surface area contributed by atoms with Gasteiger partial charge in [0.25, 0.3) is 0 Å². The first-order chi connectivity index (χ1) is 9.16. The Kier molecular flexibility index (Phi) is 3.56. The second-order valence-electron chi connectivity index (χ2n) is 5.04. The van der Waals surface area contributed by atoms with Gasteiger partial charge in [-0.1, -0.05) is 30.3 Å². The van der Waals surface area contributed by atoms with Gasteiger partial charge in [0, 0.05) is 5.56 Å². The van der Waals surface area contributed by atoms with E-state index in [-0.39, 0.29) is 6.10 Å². The first-order valence-corrected chi connectivity index (χ1v) is 6.50. The normalized spacial score (nSPS) is 42.7. The molecule has 2 N–H and O–H groups in total. The highest BCUT2D eigenvalue weighted by Gasteiger charge is 2.47. The van der Waals surface area contributed by atoms with Gasteiger partial charge >= 0.3 is 0 Å². The number of aliphatic hydroxyl groups excluding tert-OH is 2. The molecule has 0 amide bonds. The molecular formula is C14H18O5. The highest BCUT2D eigenvalue weighted by Crippen LogP contribution is 2.33. The molecular weight excluding hydrogens is 248 g/mol. The highest BCUT2D eigenvalue weighted by molar-refractivity contribution is 5.16. The van der Waals surface area contributed by atoms with E-state index in [1.807, 2.05) is 30.3 Å². The highest BCUT2D eigenvalue weighted by atomic mass is 16.7. The molecule has 2 fully saturated rings. The van der Waals surface area contributed by atoms with E-state index < -0.39 is 30.7 Å². The maximum absolute atomic E-state index is 10.1. The Morgan fingerprint density at radius 2 is 1.79 bits per heavy atom. The van der Waals surface area contributed by atoms with Crippen molar-refractivity contribution in [3.8, 4) is 0 Å². The molecule has 19 heavy (non-hydrogen) atoms. The minimum absolute atomic E-state index is 0.339. The largest absolute Gasteiger partial charge is 0.388 e. The zero-order valence-corrected chi connectivity index (χ0v) is 10.7. The van der Waals surface area contributed by atoms with Crippen LogP contribution in [-0.4, -0.2) is 47.3 Å². The monoisotopic (exact) mass is 266 g/mol. The second kappa shape index (κ2) is 5.19. The summed E-state index contributed by atoms with van der Waals surface area (Å²) in [5.74, 6) is 0. The van der Waals surface area contributed by atoms with Crippen LogP contribution in [0.15, 0.2) is 30.3 Å². The number of hydrogen-bond acceptors (Lipinski definition) is 5. The number of rotatable bonds is 1. The third-order valence-electron chi connectivity index (χ3n) is 3.69. The molecule has 3 rings (SSSR count). The SMILES string of the molecule is CC1O[C@@H]2CO[C@H](c3ccccc3)O[C@@H]2[C@H](O)[C@H]1O. The molecule has 2 heterocycles. The third-order valence-corrected chi connectivity index (χ3v) is 3.69. The molecule has 6 atom stereocenters. The fourth-order valence-electron chi connectivity index (χ4n) is 2.58. The third kappa shape index (κ3) is 2.40. The van der Waals surface area contributed by atoms with E-state index in [2.05, 4.69) is 0 Å². The molecule has 0 spiro atoms. The van der Waals surface area contributed by atoms with Gasteiger partial charge in [0.15, 0.2) is 6.29 Å². The minimum Gasteiger partial charge on any atom is -0.388 e. The van der Waals surface area contributed by atoms with Crippen LogP contribution >= 0.6 is 0 Å². The molecule has 104 valence electrons. The van der Waals surface area contributed by atoms with Gasteiger partial charge in [0.05, 0.1) is 12.7 Å². The zero-order chi connectivity index (χ0) is 13.4. The molecule has 2 aliphatic heterocycles. The number of aliphatic hydroxyl groups is 2. The van der Waals surface area contributed by atoms with Gasteiger partial charge in [-0.2, -0.15) is 0 Å². The first kappa shape index (κ1) is 13.0. The van der Waals surface area contributed by atoms with Crippen molar-refractivity contribution in [1.29, 1.82) is 0 Å². The van der Waals surface area contributed by atoms with Crippen molar-refractivity contribution in [3.63, 3.8) is 0 Å². The van der Waals surface area contributed by atoms with Crippen molar-refractivity contribution in [2.75, 3.05) is 6.61 Å². The van der Waals surface area contributed by atoms with Gasteiger partial charge in [0.2, 0.25) is 0 Å². The maximum atomic E-state index is 10.1. The van der Waals surface area contributed by atoms with Crippen LogP contribution in [0.4, 0.5) is 0 Å². The predicted octanol–water partition coefficient (Wildman–Crippen LogP) is 0.610. The van der Waals surface area contributed by atoms with Gasteiger partial charge < -0.3 is 24.4 Å². The second-order valence-corrected chi connectivity index (χ2v) is 5.04. The van der Waals surface area contributed by atoms with Gasteiger partial charge in [-0.15, -0.1) is 0 Å². The van der Waals surface area contributed by atoms with E-state index >= 15 is 0 Å². The summed E-state index contributed by atoms with van der Waals surface area (Å²) in [5, 5.41) is 19.9. The number of fused-ring (bicyclic) bond motifs is 1. The Hall–Kier alpha value is -0.980. The van der Waals surface area contributed by atoms with E-state index in [0.29, 0.717) is 6.61 Å². The van der Waals surface area contributed by atoms with Crippen LogP contribution in [0.25, 0.3) is 0 Å². The van der Waals surface area contributed by atoms with E-state index in [1.165, 1.54) is 0 Å². The van der Waals surface area contributed by atoms with Crippen LogP contribution < -0.4 is 0 Å². The molecule has 5 nitrogen and oxygen atoms in total. The average Bonchev–Trinajstić information content (AvgIpc) is 2.46. The van der Waals surface area contributed by atoms with Crippen LogP contribution in [0.3, 0.4) is 0 Å². The van der Waals surface area contributed by atoms with Gasteiger partial charge in [-0.25, -0.2) is 0 Å². The summed E-state index contributed by atoms with van der Waals surface area (Å²) >= 11 is 0. The van der Waals surface area contributed by atoms with E-state index in [0.717, 1.165) is 5.56 Å². The summed E-state index contributed by atoms with van der Waals surface area (Å²) in [6.07, 6.45) is -3.74. The predicted molar refractivity (Wildman–Crippen MR) is 66.4 cm³/mol. The van der Waals surface area contributed by atoms with E-state index in [9.17, 15) is 10.2 Å². The topological polar surface area (TPSA) is 68.2 Å². The molecule has 5 heteroatoms. The molecule has 0 radical (unpaired) electrons. The van der Waals surface area contributed by atoms with Crippen LogP contribution in [0.2, 0.25) is 0 Å². The quantitative estimate of drug-likeness (QED) is 0.779. The van der Waals surface area contributed by atoms with Gasteiger partial charge in [-0.3, -0.25) is 0 Å². The lowest BCUT2D eigenvalue weighted by molar-refractivity contribution is -0.326. The molecule has 2 aliphatic rings. The minimum atomic E-state index is -0.955. The Bertz CT molecular complexity index is 421. The lowest BCUT2D eigenvalue weighted by Crippen LogP contribution is -2.60. The molecule has 1 unspecified atom stereocenters. The Balaban J connectivity index is 1.75. The summed E-state index contributed by atoms with van der Waals surface area (Å²) in [4.78, 5) is 0. The summed E-state index contributed by atoms with van der Waals surface area (Å²) in [7, 11) is 0. The zero-order valence-electron chi connectivity index (χ0n) is 10.7. The Morgan fingerprint density at radius 1 is 1.05 bits per heavy atom. The van der Waals surface area contributed by atoms with Crippen molar-refractivity contribution < 1.29 is 24.4 Å². The fraction of sp³-hybridized carbons (Fsp3) is 0.571. The van der Waals surface area contributed by atoms with Crippen molar-refractivity contribution >= 4 is 0 Å². The van der Waals surface area contributed by atoms with Crippen LogP contribution in [-0.2, 0) is 14.2 Å². The maximum Gasteiger partial charge on any atom is 0.184 e. The molecule has 0 saturated carbocycles. The number of ether oxygens (including phenoxy) is 3. The standard InChI is InChI=1S/C14H18O5/c1-8-11(15)12(16)13-10(18-8)7-17-14(19-13)9-5-3-2-4-6-9/h2-6,8,10-16H,7H2,1H3/t8?,10-,11+,12-,13+,14+/m1/s1. The first-order valence-electron chi connectivity index (χ1n) is 6.50. The summed E-state index contributed by atoms with van der Waals surface area (Å²) < 4.78 is 17.0. The Labute approximate surface area is 111 Å². The number of hydrogen-bond donors (Lipinski definition) is 2. The van der Waals surface area contributed by atoms with Crippen LogP contribution in [0, 0.1) is 0 Å².